The fourth-order valence-corrected chi connectivity index (χ4v) is 1.86. The van der Waals surface area contributed by atoms with Gasteiger partial charge >= 0.3 is 13.7 Å². The van der Waals surface area contributed by atoms with Crippen LogP contribution in [0.5, 0.6) is 0 Å². The summed E-state index contributed by atoms with van der Waals surface area (Å²) in [7, 11) is -3.97. The third-order valence-electron chi connectivity index (χ3n) is 2.18. The van der Waals surface area contributed by atoms with Gasteiger partial charge in [0.1, 0.15) is 6.10 Å². The van der Waals surface area contributed by atoms with Crippen molar-refractivity contribution < 1.29 is 23.5 Å². The Morgan fingerprint density at radius 3 is 2.60 bits per heavy atom. The van der Waals surface area contributed by atoms with Crippen molar-refractivity contribution in [2.45, 2.75) is 38.2 Å². The molecule has 3 N–H and O–H groups in total. The normalized spacial score (nSPS) is 21.2. The lowest BCUT2D eigenvalue weighted by molar-refractivity contribution is -0.149. The van der Waals surface area contributed by atoms with Crippen molar-refractivity contribution in [1.82, 2.24) is 0 Å². The van der Waals surface area contributed by atoms with Gasteiger partial charge in [-0.1, -0.05) is 0 Å². The molecule has 1 unspecified atom stereocenters. The fourth-order valence-electron chi connectivity index (χ4n) is 1.51. The molecule has 0 saturated heterocycles. The van der Waals surface area contributed by atoms with E-state index in [1.807, 2.05) is 0 Å². The van der Waals surface area contributed by atoms with Crippen LogP contribution in [-0.2, 0) is 18.6 Å². The van der Waals surface area contributed by atoms with Crippen LogP contribution in [0.25, 0.3) is 0 Å². The van der Waals surface area contributed by atoms with Crippen molar-refractivity contribution in [1.29, 1.82) is 0 Å². The molecule has 0 heterocycles. The number of ether oxygens (including phenoxy) is 1. The van der Waals surface area contributed by atoms with Gasteiger partial charge in [0.2, 0.25) is 0 Å². The Bertz CT molecular complexity index is 258. The van der Waals surface area contributed by atoms with Crippen molar-refractivity contribution >= 4 is 13.7 Å². The topological polar surface area (TPSA) is 98.9 Å². The molecule has 0 aromatic carbocycles. The molecule has 7 heteroatoms. The molecule has 0 spiro atoms. The lowest BCUT2D eigenvalue weighted by atomic mass is 10.3. The number of hydrogen-bond acceptors (Lipinski definition) is 4. The summed E-state index contributed by atoms with van der Waals surface area (Å²) in [5.74, 6) is -0.407. The molecular formula is C8H16NO5P. The number of esters is 1. The van der Waals surface area contributed by atoms with Crippen molar-refractivity contribution in [3.8, 4) is 0 Å². The minimum Gasteiger partial charge on any atom is -0.462 e. The zero-order valence-corrected chi connectivity index (χ0v) is 9.32. The smallest absolute Gasteiger partial charge is 0.400 e. The van der Waals surface area contributed by atoms with Gasteiger partial charge in [-0.05, 0) is 25.7 Å². The van der Waals surface area contributed by atoms with Gasteiger partial charge in [0, 0.05) is 0 Å². The highest BCUT2D eigenvalue weighted by Crippen LogP contribution is 2.31. The van der Waals surface area contributed by atoms with Crippen LogP contribution < -0.4 is 5.50 Å². The Hall–Kier alpha value is -0.420. The van der Waals surface area contributed by atoms with Crippen LogP contribution >= 0.6 is 7.75 Å². The van der Waals surface area contributed by atoms with Crippen LogP contribution in [0, 0.1) is 0 Å². The molecule has 1 rings (SSSR count). The van der Waals surface area contributed by atoms with E-state index in [9.17, 15) is 9.36 Å². The summed E-state index contributed by atoms with van der Waals surface area (Å²) in [5, 5.41) is 0. The number of carbonyl (C=O) groups excluding carboxylic acids is 1. The molecule has 1 atom stereocenters. The van der Waals surface area contributed by atoms with Gasteiger partial charge in [-0.25, -0.2) is 10.1 Å². The maximum atomic E-state index is 11.2. The quantitative estimate of drug-likeness (QED) is 0.545. The second-order valence-electron chi connectivity index (χ2n) is 3.54. The maximum Gasteiger partial charge on any atom is 0.400 e. The average molecular weight is 237 g/mol. The molecule has 1 aliphatic carbocycles. The second-order valence-corrected chi connectivity index (χ2v) is 4.93. The van der Waals surface area contributed by atoms with Crippen LogP contribution in [0.1, 0.15) is 32.1 Å². The van der Waals surface area contributed by atoms with E-state index in [0.717, 1.165) is 25.7 Å². The second kappa shape index (κ2) is 5.61. The largest absolute Gasteiger partial charge is 0.462 e. The summed E-state index contributed by atoms with van der Waals surface area (Å²) in [6, 6.07) is 0. The van der Waals surface area contributed by atoms with Crippen LogP contribution in [0.2, 0.25) is 0 Å². The van der Waals surface area contributed by atoms with Crippen molar-refractivity contribution in [3.63, 3.8) is 0 Å². The highest BCUT2D eigenvalue weighted by Gasteiger charge is 2.19. The Morgan fingerprint density at radius 1 is 1.47 bits per heavy atom. The zero-order valence-electron chi connectivity index (χ0n) is 8.42. The van der Waals surface area contributed by atoms with Crippen molar-refractivity contribution in [2.24, 2.45) is 5.50 Å². The molecule has 15 heavy (non-hydrogen) atoms. The monoisotopic (exact) mass is 237 g/mol. The molecule has 0 aromatic rings. The van der Waals surface area contributed by atoms with Crippen LogP contribution in [0.15, 0.2) is 0 Å². The number of hydrogen-bond donors (Lipinski definition) is 2. The predicted octanol–water partition coefficient (Wildman–Crippen LogP) is 0.938. The maximum absolute atomic E-state index is 11.2. The zero-order chi connectivity index (χ0) is 11.3. The first kappa shape index (κ1) is 12.6. The first-order valence-electron chi connectivity index (χ1n) is 4.93. The number of carbonyl (C=O) groups is 1. The molecule has 0 radical (unpaired) electrons. The van der Waals surface area contributed by atoms with Gasteiger partial charge in [-0.2, -0.15) is 0 Å². The first-order chi connectivity index (χ1) is 6.97. The Kier molecular flexibility index (Phi) is 4.73. The van der Waals surface area contributed by atoms with E-state index >= 15 is 0 Å². The summed E-state index contributed by atoms with van der Waals surface area (Å²) < 4.78 is 19.9. The molecule has 0 aliphatic heterocycles. The van der Waals surface area contributed by atoms with E-state index < -0.39 is 13.7 Å². The highest BCUT2D eigenvalue weighted by molar-refractivity contribution is 7.50. The van der Waals surface area contributed by atoms with E-state index in [2.05, 4.69) is 4.52 Å². The average Bonchev–Trinajstić information content (AvgIpc) is 2.54. The molecule has 1 fully saturated rings. The highest BCUT2D eigenvalue weighted by atomic mass is 31.2. The predicted molar refractivity (Wildman–Crippen MR) is 52.9 cm³/mol. The van der Waals surface area contributed by atoms with E-state index in [-0.39, 0.29) is 19.1 Å². The Balaban J connectivity index is 2.10. The van der Waals surface area contributed by atoms with Crippen LogP contribution in [0.4, 0.5) is 0 Å². The lowest BCUT2D eigenvalue weighted by Gasteiger charge is -2.11. The molecule has 0 amide bonds. The summed E-state index contributed by atoms with van der Waals surface area (Å²) in [4.78, 5) is 19.7. The third-order valence-corrected chi connectivity index (χ3v) is 2.74. The van der Waals surface area contributed by atoms with Gasteiger partial charge < -0.3 is 9.63 Å². The van der Waals surface area contributed by atoms with Crippen molar-refractivity contribution in [3.05, 3.63) is 0 Å². The summed E-state index contributed by atoms with van der Waals surface area (Å²) in [6.07, 6.45) is 3.95. The lowest BCUT2D eigenvalue weighted by Crippen LogP contribution is -2.16. The van der Waals surface area contributed by atoms with Gasteiger partial charge in [0.25, 0.3) is 0 Å². The molecule has 0 aromatic heterocycles. The Morgan fingerprint density at radius 2 is 2.07 bits per heavy atom. The first-order valence-corrected chi connectivity index (χ1v) is 6.57. The van der Waals surface area contributed by atoms with Crippen LogP contribution in [-0.4, -0.2) is 23.6 Å². The minimum absolute atomic E-state index is 0.0105. The number of rotatable bonds is 5. The van der Waals surface area contributed by atoms with Gasteiger partial charge in [0.05, 0.1) is 13.0 Å². The molecule has 88 valence electrons. The third kappa shape index (κ3) is 5.89. The van der Waals surface area contributed by atoms with E-state index in [1.165, 1.54) is 0 Å². The van der Waals surface area contributed by atoms with Gasteiger partial charge in [-0.3, -0.25) is 9.32 Å². The van der Waals surface area contributed by atoms with Gasteiger partial charge in [0.15, 0.2) is 0 Å². The Labute approximate surface area is 88.3 Å². The van der Waals surface area contributed by atoms with Crippen LogP contribution in [0.3, 0.4) is 0 Å². The van der Waals surface area contributed by atoms with E-state index in [4.69, 9.17) is 15.1 Å². The van der Waals surface area contributed by atoms with Gasteiger partial charge in [-0.15, -0.1) is 0 Å². The standard InChI is InChI=1S/C8H16NO5P/c9-15(11,12)13-6-5-8(10)14-7-3-1-2-4-7/h7H,1-6H2,(H3,9,11,12). The summed E-state index contributed by atoms with van der Waals surface area (Å²) >= 11 is 0. The molecule has 1 aliphatic rings. The number of nitrogens with two attached hydrogens (primary N) is 1. The fraction of sp³-hybridized carbons (Fsp3) is 0.875. The van der Waals surface area contributed by atoms with Crippen molar-refractivity contribution in [2.75, 3.05) is 6.61 Å². The molecule has 6 nitrogen and oxygen atoms in total. The molecular weight excluding hydrogens is 221 g/mol. The van der Waals surface area contributed by atoms with E-state index in [1.54, 1.807) is 0 Å². The summed E-state index contributed by atoms with van der Waals surface area (Å²) in [5.41, 5.74) is 4.72. The molecule has 0 bridgehead atoms. The summed E-state index contributed by atoms with van der Waals surface area (Å²) in [6.45, 7) is -0.185. The minimum atomic E-state index is -3.97. The van der Waals surface area contributed by atoms with E-state index in [0.29, 0.717) is 0 Å². The molecule has 1 saturated carbocycles. The SMILES string of the molecule is NP(=O)(O)OCCC(=O)OC1CCCC1.